The van der Waals surface area contributed by atoms with Crippen LogP contribution in [0.5, 0.6) is 0 Å². The summed E-state index contributed by atoms with van der Waals surface area (Å²) in [5.41, 5.74) is 1.34. The molecule has 0 aliphatic carbocycles. The lowest BCUT2D eigenvalue weighted by Gasteiger charge is -2.29. The molecule has 1 unspecified atom stereocenters. The molecule has 4 nitrogen and oxygen atoms in total. The zero-order valence-electron chi connectivity index (χ0n) is 12.9. The van der Waals surface area contributed by atoms with Crippen molar-refractivity contribution in [3.63, 3.8) is 0 Å². The monoisotopic (exact) mass is 309 g/mol. The van der Waals surface area contributed by atoms with Gasteiger partial charge >= 0.3 is 0 Å². The van der Waals surface area contributed by atoms with E-state index in [1.54, 1.807) is 12.1 Å². The molecule has 0 radical (unpaired) electrons. The van der Waals surface area contributed by atoms with Crippen LogP contribution in [0, 0.1) is 12.8 Å². The van der Waals surface area contributed by atoms with Crippen LogP contribution in [0.2, 0.25) is 5.15 Å². The molecule has 0 bridgehead atoms. The first-order valence-corrected chi connectivity index (χ1v) is 8.07. The lowest BCUT2D eigenvalue weighted by atomic mass is 10.1. The summed E-state index contributed by atoms with van der Waals surface area (Å²) in [6.45, 7) is 8.14. The van der Waals surface area contributed by atoms with Gasteiger partial charge in [-0.05, 0) is 50.9 Å². The summed E-state index contributed by atoms with van der Waals surface area (Å²) in [5.74, 6) is 0.373. The van der Waals surface area contributed by atoms with E-state index in [0.717, 1.165) is 12.2 Å². The summed E-state index contributed by atoms with van der Waals surface area (Å²) in [5, 5.41) is 3.35. The molecule has 1 fully saturated rings. The third kappa shape index (κ3) is 5.29. The molecule has 1 aliphatic heterocycles. The van der Waals surface area contributed by atoms with E-state index in [9.17, 15) is 4.79 Å². The Bertz CT molecular complexity index is 466. The summed E-state index contributed by atoms with van der Waals surface area (Å²) in [6, 6.07) is 3.37. The summed E-state index contributed by atoms with van der Waals surface area (Å²) < 4.78 is 0. The molecule has 1 aliphatic rings. The van der Waals surface area contributed by atoms with Crippen molar-refractivity contribution in [3.05, 3.63) is 28.5 Å². The predicted octanol–water partition coefficient (Wildman–Crippen LogP) is 2.90. The highest BCUT2D eigenvalue weighted by Crippen LogP contribution is 2.12. The number of halogens is 1. The summed E-state index contributed by atoms with van der Waals surface area (Å²) >= 11 is 5.89. The topological polar surface area (TPSA) is 45.2 Å². The van der Waals surface area contributed by atoms with Crippen LogP contribution >= 0.6 is 11.6 Å². The van der Waals surface area contributed by atoms with Gasteiger partial charge in [-0.2, -0.15) is 0 Å². The van der Waals surface area contributed by atoms with Gasteiger partial charge in [0.25, 0.3) is 5.91 Å². The molecule has 1 atom stereocenters. The first-order valence-electron chi connectivity index (χ1n) is 7.69. The van der Waals surface area contributed by atoms with Crippen molar-refractivity contribution in [1.82, 2.24) is 15.2 Å². The summed E-state index contributed by atoms with van der Waals surface area (Å²) in [4.78, 5) is 18.7. The number of nitrogens with one attached hydrogen (secondary N) is 1. The first kappa shape index (κ1) is 16.2. The first-order chi connectivity index (χ1) is 10.0. The molecular weight excluding hydrogens is 286 g/mol. The van der Waals surface area contributed by atoms with E-state index >= 15 is 0 Å². The van der Waals surface area contributed by atoms with Crippen LogP contribution in [0.3, 0.4) is 0 Å². The fourth-order valence-electron chi connectivity index (χ4n) is 2.78. The van der Waals surface area contributed by atoms with Crippen molar-refractivity contribution < 1.29 is 4.79 Å². The second-order valence-corrected chi connectivity index (χ2v) is 6.38. The van der Waals surface area contributed by atoms with Gasteiger partial charge in [-0.15, -0.1) is 0 Å². The lowest BCUT2D eigenvalue weighted by molar-refractivity contribution is 0.0942. The maximum absolute atomic E-state index is 12.1. The third-order valence-electron chi connectivity index (χ3n) is 3.81. The van der Waals surface area contributed by atoms with E-state index in [1.807, 2.05) is 6.92 Å². The van der Waals surface area contributed by atoms with Crippen LogP contribution in [-0.4, -0.2) is 42.0 Å². The SMILES string of the molecule is Cc1cc(C(=O)NCC(C)CN2CCCCC2)cc(Cl)n1. The number of rotatable bonds is 5. The van der Waals surface area contributed by atoms with Crippen LogP contribution in [0.25, 0.3) is 0 Å². The molecular formula is C16H24ClN3O. The quantitative estimate of drug-likeness (QED) is 0.851. The fourth-order valence-corrected chi connectivity index (χ4v) is 3.03. The standard InChI is InChI=1S/C16H24ClN3O/c1-12(11-20-6-4-3-5-7-20)10-18-16(21)14-8-13(2)19-15(17)9-14/h8-9,12H,3-7,10-11H2,1-2H3,(H,18,21). The van der Waals surface area contributed by atoms with Crippen LogP contribution in [0.15, 0.2) is 12.1 Å². The fraction of sp³-hybridized carbons (Fsp3) is 0.625. The van der Waals surface area contributed by atoms with Crippen molar-refractivity contribution in [1.29, 1.82) is 0 Å². The number of nitrogens with zero attached hydrogens (tertiary/aromatic N) is 2. The largest absolute Gasteiger partial charge is 0.352 e. The molecule has 1 N–H and O–H groups in total. The number of pyridine rings is 1. The van der Waals surface area contributed by atoms with E-state index < -0.39 is 0 Å². The Morgan fingerprint density at radius 3 is 2.76 bits per heavy atom. The molecule has 1 aromatic heterocycles. The van der Waals surface area contributed by atoms with Gasteiger partial charge in [0.2, 0.25) is 0 Å². The van der Waals surface area contributed by atoms with Gasteiger partial charge in [-0.25, -0.2) is 4.98 Å². The van der Waals surface area contributed by atoms with Gasteiger partial charge in [0.05, 0.1) is 0 Å². The molecule has 1 aromatic rings. The molecule has 5 heteroatoms. The Morgan fingerprint density at radius 1 is 1.38 bits per heavy atom. The summed E-state index contributed by atoms with van der Waals surface area (Å²) in [6.07, 6.45) is 3.95. The van der Waals surface area contributed by atoms with Gasteiger partial charge in [0, 0.05) is 24.3 Å². The minimum absolute atomic E-state index is 0.0760. The molecule has 0 saturated carbocycles. The number of aromatic nitrogens is 1. The van der Waals surface area contributed by atoms with E-state index in [1.165, 1.54) is 32.4 Å². The van der Waals surface area contributed by atoms with E-state index in [2.05, 4.69) is 22.1 Å². The highest BCUT2D eigenvalue weighted by atomic mass is 35.5. The molecule has 0 spiro atoms. The molecule has 1 amide bonds. The second-order valence-electron chi connectivity index (χ2n) is 6.00. The Hall–Kier alpha value is -1.13. The Balaban J connectivity index is 1.79. The highest BCUT2D eigenvalue weighted by molar-refractivity contribution is 6.29. The molecule has 1 saturated heterocycles. The van der Waals surface area contributed by atoms with Crippen molar-refractivity contribution in [2.75, 3.05) is 26.2 Å². The van der Waals surface area contributed by atoms with Gasteiger partial charge in [-0.3, -0.25) is 4.79 Å². The zero-order chi connectivity index (χ0) is 15.2. The maximum Gasteiger partial charge on any atom is 0.251 e. The average Bonchev–Trinajstić information content (AvgIpc) is 2.45. The van der Waals surface area contributed by atoms with E-state index in [4.69, 9.17) is 11.6 Å². The van der Waals surface area contributed by atoms with E-state index in [0.29, 0.717) is 23.2 Å². The average molecular weight is 310 g/mol. The predicted molar refractivity (Wildman–Crippen MR) is 85.8 cm³/mol. The smallest absolute Gasteiger partial charge is 0.251 e. The zero-order valence-corrected chi connectivity index (χ0v) is 13.6. The Labute approximate surface area is 131 Å². The number of piperidine rings is 1. The third-order valence-corrected chi connectivity index (χ3v) is 4.01. The number of hydrogen-bond acceptors (Lipinski definition) is 3. The molecule has 2 heterocycles. The Morgan fingerprint density at radius 2 is 2.10 bits per heavy atom. The van der Waals surface area contributed by atoms with Gasteiger partial charge in [0.15, 0.2) is 0 Å². The normalized spacial score (nSPS) is 17.5. The Kier molecular flexibility index (Phi) is 6.00. The van der Waals surface area contributed by atoms with Crippen molar-refractivity contribution in [3.8, 4) is 0 Å². The lowest BCUT2D eigenvalue weighted by Crippen LogP contribution is -2.38. The highest BCUT2D eigenvalue weighted by Gasteiger charge is 2.14. The minimum Gasteiger partial charge on any atom is -0.352 e. The molecule has 116 valence electrons. The van der Waals surface area contributed by atoms with Crippen LogP contribution < -0.4 is 5.32 Å². The number of aryl methyl sites for hydroxylation is 1. The minimum atomic E-state index is -0.0760. The number of hydrogen-bond donors (Lipinski definition) is 1. The number of carbonyl (C=O) groups excluding carboxylic acids is 1. The van der Waals surface area contributed by atoms with Crippen molar-refractivity contribution >= 4 is 17.5 Å². The number of likely N-dealkylation sites (tertiary alicyclic amines) is 1. The van der Waals surface area contributed by atoms with Gasteiger partial charge in [-0.1, -0.05) is 24.9 Å². The van der Waals surface area contributed by atoms with Gasteiger partial charge in [0.1, 0.15) is 5.15 Å². The second kappa shape index (κ2) is 7.76. The molecule has 0 aromatic carbocycles. The van der Waals surface area contributed by atoms with Gasteiger partial charge < -0.3 is 10.2 Å². The van der Waals surface area contributed by atoms with Crippen LogP contribution in [0.4, 0.5) is 0 Å². The van der Waals surface area contributed by atoms with Crippen molar-refractivity contribution in [2.45, 2.75) is 33.1 Å². The number of amides is 1. The summed E-state index contributed by atoms with van der Waals surface area (Å²) in [7, 11) is 0. The van der Waals surface area contributed by atoms with Crippen LogP contribution in [-0.2, 0) is 0 Å². The van der Waals surface area contributed by atoms with Crippen molar-refractivity contribution in [2.24, 2.45) is 5.92 Å². The maximum atomic E-state index is 12.1. The molecule has 2 rings (SSSR count). The van der Waals surface area contributed by atoms with Crippen LogP contribution in [0.1, 0.15) is 42.2 Å². The molecule has 21 heavy (non-hydrogen) atoms. The van der Waals surface area contributed by atoms with E-state index in [-0.39, 0.29) is 5.91 Å². The number of carbonyl (C=O) groups is 1.